The number of imidazole rings is 1. The second kappa shape index (κ2) is 8.17. The van der Waals surface area contributed by atoms with Gasteiger partial charge in [0.05, 0.1) is 6.54 Å². The van der Waals surface area contributed by atoms with Gasteiger partial charge >= 0.3 is 0 Å². The summed E-state index contributed by atoms with van der Waals surface area (Å²) in [7, 11) is 1.80. The minimum absolute atomic E-state index is 0.0962. The van der Waals surface area contributed by atoms with E-state index in [0.29, 0.717) is 22.8 Å². The maximum absolute atomic E-state index is 12.6. The third kappa shape index (κ3) is 4.31. The standard InChI is InChI=1S/C20H20ClN3O2/c1-24-11-10-22-19(24)18(25)13-23-20(26)17-5-3-2-4-15(17)12-14-6-8-16(21)9-7-14/h2-11,18,25H,12-13H2,1H3,(H,23,26)/t18-/m1/s1. The number of aliphatic hydroxyl groups excluding tert-OH is 1. The molecule has 0 saturated carbocycles. The molecular weight excluding hydrogens is 350 g/mol. The van der Waals surface area contributed by atoms with Crippen LogP contribution in [-0.4, -0.2) is 27.1 Å². The number of rotatable bonds is 6. The van der Waals surface area contributed by atoms with E-state index in [9.17, 15) is 9.90 Å². The van der Waals surface area contributed by atoms with E-state index in [1.54, 1.807) is 30.1 Å². The Labute approximate surface area is 157 Å². The second-order valence-corrected chi connectivity index (χ2v) is 6.52. The van der Waals surface area contributed by atoms with Gasteiger partial charge in [-0.1, -0.05) is 41.9 Å². The Hall–Kier alpha value is -2.63. The molecule has 0 aliphatic heterocycles. The van der Waals surface area contributed by atoms with Crippen LogP contribution in [0.5, 0.6) is 0 Å². The molecule has 1 atom stereocenters. The number of aryl methyl sites for hydroxylation is 1. The van der Waals surface area contributed by atoms with Crippen molar-refractivity contribution in [3.8, 4) is 0 Å². The topological polar surface area (TPSA) is 67.2 Å². The molecule has 5 nitrogen and oxygen atoms in total. The highest BCUT2D eigenvalue weighted by Gasteiger charge is 2.16. The molecule has 6 heteroatoms. The lowest BCUT2D eigenvalue weighted by Gasteiger charge is -2.14. The molecule has 0 fully saturated rings. The summed E-state index contributed by atoms with van der Waals surface area (Å²) in [5.74, 6) is 0.294. The summed E-state index contributed by atoms with van der Waals surface area (Å²) in [6.07, 6.45) is 3.13. The van der Waals surface area contributed by atoms with Crippen LogP contribution in [0, 0.1) is 0 Å². The molecule has 2 aromatic carbocycles. The quantitative estimate of drug-likeness (QED) is 0.701. The highest BCUT2D eigenvalue weighted by atomic mass is 35.5. The Morgan fingerprint density at radius 1 is 1.23 bits per heavy atom. The number of hydrogen-bond acceptors (Lipinski definition) is 3. The summed E-state index contributed by atoms with van der Waals surface area (Å²) >= 11 is 5.93. The van der Waals surface area contributed by atoms with Gasteiger partial charge in [0.15, 0.2) is 0 Å². The molecule has 26 heavy (non-hydrogen) atoms. The van der Waals surface area contributed by atoms with Gasteiger partial charge < -0.3 is 15.0 Å². The van der Waals surface area contributed by atoms with Gasteiger partial charge in [0.2, 0.25) is 0 Å². The molecule has 0 bridgehead atoms. The average molecular weight is 370 g/mol. The number of nitrogens with zero attached hydrogens (tertiary/aromatic N) is 2. The first-order valence-corrected chi connectivity index (χ1v) is 8.68. The zero-order valence-corrected chi connectivity index (χ0v) is 15.1. The van der Waals surface area contributed by atoms with Crippen molar-refractivity contribution in [1.82, 2.24) is 14.9 Å². The van der Waals surface area contributed by atoms with E-state index in [2.05, 4.69) is 10.3 Å². The molecule has 3 aromatic rings. The first-order valence-electron chi connectivity index (χ1n) is 8.30. The van der Waals surface area contributed by atoms with Crippen LogP contribution in [0.15, 0.2) is 60.9 Å². The molecule has 1 heterocycles. The molecule has 1 amide bonds. The highest BCUT2D eigenvalue weighted by Crippen LogP contribution is 2.17. The summed E-state index contributed by atoms with van der Waals surface area (Å²) in [6.45, 7) is 0.0962. The van der Waals surface area contributed by atoms with Crippen LogP contribution in [0.2, 0.25) is 5.02 Å². The van der Waals surface area contributed by atoms with Crippen molar-refractivity contribution in [3.63, 3.8) is 0 Å². The predicted molar refractivity (Wildman–Crippen MR) is 101 cm³/mol. The summed E-state index contributed by atoms with van der Waals surface area (Å²) < 4.78 is 1.73. The van der Waals surface area contributed by atoms with Crippen LogP contribution >= 0.6 is 11.6 Å². The van der Waals surface area contributed by atoms with Gasteiger partial charge in [0.25, 0.3) is 5.91 Å². The zero-order valence-electron chi connectivity index (χ0n) is 14.4. The number of carbonyl (C=O) groups excluding carboxylic acids is 1. The van der Waals surface area contributed by atoms with Gasteiger partial charge in [0, 0.05) is 30.0 Å². The van der Waals surface area contributed by atoms with E-state index < -0.39 is 6.10 Å². The summed E-state index contributed by atoms with van der Waals surface area (Å²) in [4.78, 5) is 16.7. The van der Waals surface area contributed by atoms with Crippen LogP contribution < -0.4 is 5.32 Å². The Morgan fingerprint density at radius 3 is 2.65 bits per heavy atom. The van der Waals surface area contributed by atoms with E-state index in [1.165, 1.54) is 0 Å². The number of amides is 1. The Bertz CT molecular complexity index is 890. The van der Waals surface area contributed by atoms with Crippen molar-refractivity contribution < 1.29 is 9.90 Å². The molecule has 3 rings (SSSR count). The van der Waals surface area contributed by atoms with E-state index in [1.807, 2.05) is 42.5 Å². The van der Waals surface area contributed by atoms with Crippen molar-refractivity contribution in [2.75, 3.05) is 6.54 Å². The largest absolute Gasteiger partial charge is 0.383 e. The molecular formula is C20H20ClN3O2. The summed E-state index contributed by atoms with van der Waals surface area (Å²) in [5, 5.41) is 13.7. The van der Waals surface area contributed by atoms with Crippen molar-refractivity contribution >= 4 is 17.5 Å². The van der Waals surface area contributed by atoms with Gasteiger partial charge in [-0.2, -0.15) is 0 Å². The Morgan fingerprint density at radius 2 is 1.96 bits per heavy atom. The summed E-state index contributed by atoms with van der Waals surface area (Å²) in [6, 6.07) is 15.0. The fraction of sp³-hybridized carbons (Fsp3) is 0.200. The monoisotopic (exact) mass is 369 g/mol. The number of benzene rings is 2. The number of aliphatic hydroxyl groups is 1. The fourth-order valence-electron chi connectivity index (χ4n) is 2.79. The molecule has 0 radical (unpaired) electrons. The first kappa shape index (κ1) is 18.2. The average Bonchev–Trinajstić information content (AvgIpc) is 3.08. The van der Waals surface area contributed by atoms with Crippen LogP contribution in [0.25, 0.3) is 0 Å². The minimum atomic E-state index is -0.859. The maximum Gasteiger partial charge on any atom is 0.251 e. The number of carbonyl (C=O) groups is 1. The maximum atomic E-state index is 12.6. The van der Waals surface area contributed by atoms with Crippen molar-refractivity contribution in [2.24, 2.45) is 7.05 Å². The lowest BCUT2D eigenvalue weighted by atomic mass is 9.99. The Kier molecular flexibility index (Phi) is 5.71. The highest BCUT2D eigenvalue weighted by molar-refractivity contribution is 6.30. The normalized spacial score (nSPS) is 12.0. The lowest BCUT2D eigenvalue weighted by molar-refractivity contribution is 0.0908. The number of aromatic nitrogens is 2. The third-order valence-corrected chi connectivity index (χ3v) is 4.43. The van der Waals surface area contributed by atoms with E-state index in [0.717, 1.165) is 11.1 Å². The molecule has 1 aromatic heterocycles. The van der Waals surface area contributed by atoms with Gasteiger partial charge in [-0.15, -0.1) is 0 Å². The van der Waals surface area contributed by atoms with Gasteiger partial charge in [-0.05, 0) is 35.7 Å². The van der Waals surface area contributed by atoms with Crippen molar-refractivity contribution in [3.05, 3.63) is 88.5 Å². The predicted octanol–water partition coefficient (Wildman–Crippen LogP) is 3.13. The van der Waals surface area contributed by atoms with E-state index in [4.69, 9.17) is 11.6 Å². The third-order valence-electron chi connectivity index (χ3n) is 4.18. The van der Waals surface area contributed by atoms with Crippen LogP contribution in [0.3, 0.4) is 0 Å². The smallest absolute Gasteiger partial charge is 0.251 e. The Balaban J connectivity index is 1.69. The molecule has 0 unspecified atom stereocenters. The lowest BCUT2D eigenvalue weighted by Crippen LogP contribution is -2.30. The minimum Gasteiger partial charge on any atom is -0.383 e. The molecule has 0 saturated heterocycles. The fourth-order valence-corrected chi connectivity index (χ4v) is 2.92. The SMILES string of the molecule is Cn1ccnc1[C@H](O)CNC(=O)c1ccccc1Cc1ccc(Cl)cc1. The van der Waals surface area contributed by atoms with Gasteiger partial charge in [-0.25, -0.2) is 4.98 Å². The molecule has 0 aliphatic rings. The summed E-state index contributed by atoms with van der Waals surface area (Å²) in [5.41, 5.74) is 2.58. The van der Waals surface area contributed by atoms with Crippen LogP contribution in [-0.2, 0) is 13.5 Å². The number of nitrogens with one attached hydrogen (secondary N) is 1. The van der Waals surface area contributed by atoms with Crippen LogP contribution in [0.1, 0.15) is 33.4 Å². The van der Waals surface area contributed by atoms with Gasteiger partial charge in [-0.3, -0.25) is 4.79 Å². The molecule has 134 valence electrons. The van der Waals surface area contributed by atoms with Crippen molar-refractivity contribution in [1.29, 1.82) is 0 Å². The number of halogens is 1. The van der Waals surface area contributed by atoms with Crippen LogP contribution in [0.4, 0.5) is 0 Å². The van der Waals surface area contributed by atoms with Crippen molar-refractivity contribution in [2.45, 2.75) is 12.5 Å². The molecule has 0 aliphatic carbocycles. The first-order chi connectivity index (χ1) is 12.5. The zero-order chi connectivity index (χ0) is 18.5. The second-order valence-electron chi connectivity index (χ2n) is 6.08. The van der Waals surface area contributed by atoms with E-state index in [-0.39, 0.29) is 12.5 Å². The van der Waals surface area contributed by atoms with E-state index >= 15 is 0 Å². The number of hydrogen-bond donors (Lipinski definition) is 2. The molecule has 2 N–H and O–H groups in total. The van der Waals surface area contributed by atoms with Gasteiger partial charge in [0.1, 0.15) is 11.9 Å². The molecule has 0 spiro atoms.